The number of aromatic nitrogens is 2. The molecular weight excluding hydrogens is 439 g/mol. The Bertz CT molecular complexity index is 1220. The molecular formula is C20H11Cl2F2N3OS. The third-order valence-corrected chi connectivity index (χ3v) is 5.67. The van der Waals surface area contributed by atoms with E-state index in [0.29, 0.717) is 10.7 Å². The number of hydrogen-bond donors (Lipinski definition) is 0. The topological polar surface area (TPSA) is 46.1 Å². The zero-order valence-electron chi connectivity index (χ0n) is 14.6. The number of benzene rings is 2. The van der Waals surface area contributed by atoms with Crippen molar-refractivity contribution in [3.8, 4) is 0 Å². The number of pyridine rings is 1. The van der Waals surface area contributed by atoms with Crippen LogP contribution in [0.25, 0.3) is 10.2 Å². The Kier molecular flexibility index (Phi) is 5.45. The Balaban J connectivity index is 1.83. The second-order valence-electron chi connectivity index (χ2n) is 6.07. The molecule has 0 aliphatic rings. The fourth-order valence-corrected chi connectivity index (χ4v) is 4.12. The summed E-state index contributed by atoms with van der Waals surface area (Å²) in [5, 5.41) is 0.743. The van der Waals surface area contributed by atoms with Gasteiger partial charge in [-0.05, 0) is 36.4 Å². The SMILES string of the molecule is O=C(c1cc(Cl)ccc1Cl)N(Cc1ccccn1)c1nc2c(F)cc(F)cc2s1. The van der Waals surface area contributed by atoms with Crippen molar-refractivity contribution >= 4 is 55.8 Å². The van der Waals surface area contributed by atoms with E-state index in [1.165, 1.54) is 23.1 Å². The summed E-state index contributed by atoms with van der Waals surface area (Å²) in [6.07, 6.45) is 1.59. The normalized spacial score (nSPS) is 11.0. The molecule has 9 heteroatoms. The van der Waals surface area contributed by atoms with E-state index in [1.54, 1.807) is 30.5 Å². The van der Waals surface area contributed by atoms with Crippen molar-refractivity contribution in [2.24, 2.45) is 0 Å². The summed E-state index contributed by atoms with van der Waals surface area (Å²) >= 11 is 13.2. The number of carbonyl (C=O) groups is 1. The number of anilines is 1. The van der Waals surface area contributed by atoms with Crippen molar-refractivity contribution in [2.45, 2.75) is 6.54 Å². The van der Waals surface area contributed by atoms with Gasteiger partial charge in [0.25, 0.3) is 5.91 Å². The van der Waals surface area contributed by atoms with Crippen LogP contribution in [-0.4, -0.2) is 15.9 Å². The molecule has 0 aliphatic heterocycles. The second kappa shape index (κ2) is 8.02. The van der Waals surface area contributed by atoms with Crippen LogP contribution in [0, 0.1) is 11.6 Å². The Labute approximate surface area is 178 Å². The first-order valence-corrected chi connectivity index (χ1v) is 9.92. The summed E-state index contributed by atoms with van der Waals surface area (Å²) in [6.45, 7) is 0.0619. The molecule has 0 fully saturated rings. The van der Waals surface area contributed by atoms with Crippen molar-refractivity contribution in [3.63, 3.8) is 0 Å². The van der Waals surface area contributed by atoms with E-state index in [2.05, 4.69) is 9.97 Å². The van der Waals surface area contributed by atoms with Gasteiger partial charge in [0.2, 0.25) is 0 Å². The first-order valence-electron chi connectivity index (χ1n) is 8.35. The van der Waals surface area contributed by atoms with Crippen molar-refractivity contribution < 1.29 is 13.6 Å². The largest absolute Gasteiger partial charge is 0.278 e. The molecule has 0 bridgehead atoms. The molecule has 4 rings (SSSR count). The van der Waals surface area contributed by atoms with Gasteiger partial charge in [-0.15, -0.1) is 0 Å². The smallest absolute Gasteiger partial charge is 0.262 e. The van der Waals surface area contributed by atoms with Crippen LogP contribution in [0.5, 0.6) is 0 Å². The van der Waals surface area contributed by atoms with E-state index in [0.717, 1.165) is 17.4 Å². The Morgan fingerprint density at radius 1 is 1.10 bits per heavy atom. The molecule has 0 saturated carbocycles. The summed E-state index contributed by atoms with van der Waals surface area (Å²) in [6, 6.07) is 11.7. The van der Waals surface area contributed by atoms with Crippen molar-refractivity contribution in [2.75, 3.05) is 4.90 Å². The molecule has 0 radical (unpaired) electrons. The van der Waals surface area contributed by atoms with Gasteiger partial charge in [0.1, 0.15) is 11.3 Å². The standard InChI is InChI=1S/C20H11Cl2F2N3OS/c21-11-4-5-15(22)14(7-11)19(28)27(10-13-3-1-2-6-25-13)20-26-18-16(24)8-12(23)9-17(18)29-20/h1-9H,10H2. The zero-order valence-corrected chi connectivity index (χ0v) is 16.9. The summed E-state index contributed by atoms with van der Waals surface area (Å²) in [7, 11) is 0. The molecule has 146 valence electrons. The molecule has 4 aromatic rings. The Hall–Kier alpha value is -2.61. The third-order valence-electron chi connectivity index (χ3n) is 4.08. The highest BCUT2D eigenvalue weighted by Gasteiger charge is 2.25. The van der Waals surface area contributed by atoms with Crippen LogP contribution in [0.2, 0.25) is 10.0 Å². The summed E-state index contributed by atoms with van der Waals surface area (Å²) < 4.78 is 28.0. The molecule has 0 atom stereocenters. The quantitative estimate of drug-likeness (QED) is 0.376. The Morgan fingerprint density at radius 2 is 1.93 bits per heavy atom. The first-order chi connectivity index (χ1) is 13.9. The minimum atomic E-state index is -0.798. The first kappa shape index (κ1) is 19.7. The van der Waals surface area contributed by atoms with Crippen LogP contribution in [0.3, 0.4) is 0 Å². The lowest BCUT2D eigenvalue weighted by molar-refractivity contribution is 0.0985. The van der Waals surface area contributed by atoms with E-state index in [1.807, 2.05) is 0 Å². The molecule has 0 N–H and O–H groups in total. The van der Waals surface area contributed by atoms with Gasteiger partial charge in [-0.1, -0.05) is 40.6 Å². The van der Waals surface area contributed by atoms with E-state index >= 15 is 0 Å². The van der Waals surface area contributed by atoms with Crippen LogP contribution >= 0.6 is 34.5 Å². The third kappa shape index (κ3) is 4.07. The summed E-state index contributed by atoms with van der Waals surface area (Å²) in [4.78, 5) is 23.1. The van der Waals surface area contributed by atoms with Gasteiger partial charge < -0.3 is 0 Å². The van der Waals surface area contributed by atoms with Gasteiger partial charge >= 0.3 is 0 Å². The zero-order chi connectivity index (χ0) is 20.5. The van der Waals surface area contributed by atoms with E-state index in [4.69, 9.17) is 23.2 Å². The lowest BCUT2D eigenvalue weighted by atomic mass is 10.2. The Morgan fingerprint density at radius 3 is 2.69 bits per heavy atom. The van der Waals surface area contributed by atoms with Gasteiger partial charge in [-0.3, -0.25) is 14.7 Å². The average molecular weight is 450 g/mol. The van der Waals surface area contributed by atoms with Crippen LogP contribution < -0.4 is 4.90 Å². The summed E-state index contributed by atoms with van der Waals surface area (Å²) in [5.41, 5.74) is 0.744. The monoisotopic (exact) mass is 449 g/mol. The number of halogens is 4. The summed E-state index contributed by atoms with van der Waals surface area (Å²) in [5.74, 6) is -2.00. The number of fused-ring (bicyclic) bond motifs is 1. The molecule has 0 aliphatic carbocycles. The molecule has 2 aromatic heterocycles. The van der Waals surface area contributed by atoms with E-state index in [9.17, 15) is 13.6 Å². The lowest BCUT2D eigenvalue weighted by Gasteiger charge is -2.20. The fourth-order valence-electron chi connectivity index (χ4n) is 2.75. The molecule has 2 aromatic carbocycles. The van der Waals surface area contributed by atoms with Crippen LogP contribution in [-0.2, 0) is 6.54 Å². The number of carbonyl (C=O) groups excluding carboxylic acids is 1. The fraction of sp³-hybridized carbons (Fsp3) is 0.0500. The van der Waals surface area contributed by atoms with Gasteiger partial charge in [0, 0.05) is 17.3 Å². The molecule has 0 saturated heterocycles. The van der Waals surface area contributed by atoms with Crippen LogP contribution in [0.15, 0.2) is 54.7 Å². The number of amides is 1. The number of nitrogens with zero attached hydrogens (tertiary/aromatic N) is 3. The maximum absolute atomic E-state index is 14.1. The van der Waals surface area contributed by atoms with Gasteiger partial charge in [0.05, 0.1) is 27.5 Å². The highest BCUT2D eigenvalue weighted by Crippen LogP contribution is 2.33. The molecule has 29 heavy (non-hydrogen) atoms. The minimum Gasteiger partial charge on any atom is -0.278 e. The van der Waals surface area contributed by atoms with Gasteiger partial charge in [-0.25, -0.2) is 13.8 Å². The molecule has 4 nitrogen and oxygen atoms in total. The van der Waals surface area contributed by atoms with E-state index < -0.39 is 17.5 Å². The minimum absolute atomic E-state index is 0.0117. The molecule has 1 amide bonds. The van der Waals surface area contributed by atoms with E-state index in [-0.39, 0.29) is 32.5 Å². The highest BCUT2D eigenvalue weighted by molar-refractivity contribution is 7.22. The van der Waals surface area contributed by atoms with Crippen molar-refractivity contribution in [3.05, 3.63) is 87.7 Å². The maximum Gasteiger partial charge on any atom is 0.262 e. The number of hydrogen-bond acceptors (Lipinski definition) is 4. The van der Waals surface area contributed by atoms with Gasteiger partial charge in [0.15, 0.2) is 10.9 Å². The number of thiazole rings is 1. The number of rotatable bonds is 4. The highest BCUT2D eigenvalue weighted by atomic mass is 35.5. The van der Waals surface area contributed by atoms with Crippen molar-refractivity contribution in [1.29, 1.82) is 0 Å². The van der Waals surface area contributed by atoms with Crippen molar-refractivity contribution in [1.82, 2.24) is 9.97 Å². The maximum atomic E-state index is 14.1. The average Bonchev–Trinajstić information content (AvgIpc) is 3.12. The molecule has 0 unspecified atom stereocenters. The lowest BCUT2D eigenvalue weighted by Crippen LogP contribution is -2.31. The van der Waals surface area contributed by atoms with Crippen LogP contribution in [0.1, 0.15) is 16.1 Å². The molecule has 2 heterocycles. The molecule has 0 spiro atoms. The van der Waals surface area contributed by atoms with Crippen LogP contribution in [0.4, 0.5) is 13.9 Å². The second-order valence-corrected chi connectivity index (χ2v) is 7.92. The predicted octanol–water partition coefficient (Wildman–Crippen LogP) is 6.12. The predicted molar refractivity (Wildman–Crippen MR) is 111 cm³/mol. The van der Waals surface area contributed by atoms with Gasteiger partial charge in [-0.2, -0.15) is 0 Å².